The number of nitrogens with zero attached hydrogens (tertiary/aromatic N) is 1. The van der Waals surface area contributed by atoms with Crippen molar-refractivity contribution in [2.75, 3.05) is 30.4 Å². The Hall–Kier alpha value is -3.58. The number of halogens is 1. The number of hydrogen-bond donors (Lipinski definition) is 2. The smallest absolute Gasteiger partial charge is 0.252 e. The van der Waals surface area contributed by atoms with Crippen LogP contribution in [0.4, 0.5) is 11.4 Å². The summed E-state index contributed by atoms with van der Waals surface area (Å²) in [6.45, 7) is 0.866. The number of nitrogens with one attached hydrogen (secondary N) is 2. The molecule has 3 amide bonds. The largest absolute Gasteiger partial charge is 0.495 e. The molecule has 0 spiro atoms. The van der Waals surface area contributed by atoms with Gasteiger partial charge in [-0.2, -0.15) is 0 Å². The summed E-state index contributed by atoms with van der Waals surface area (Å²) in [5, 5.41) is 7.90. The maximum absolute atomic E-state index is 12.7. The minimum absolute atomic E-state index is 0.200. The SMILES string of the molecule is COc1cccc(C(=O)NCCCCN2C(=O)CC(=O)Nc3c2ccc2ccccc32)c1Cl. The molecule has 0 fully saturated rings. The van der Waals surface area contributed by atoms with Crippen LogP contribution in [-0.4, -0.2) is 37.9 Å². The summed E-state index contributed by atoms with van der Waals surface area (Å²) in [5.74, 6) is -0.397. The number of anilines is 2. The summed E-state index contributed by atoms with van der Waals surface area (Å²) in [6.07, 6.45) is 1.10. The van der Waals surface area contributed by atoms with E-state index in [4.69, 9.17) is 16.3 Å². The molecule has 0 saturated heterocycles. The second-order valence-corrected chi connectivity index (χ2v) is 8.11. The van der Waals surface area contributed by atoms with Crippen molar-refractivity contribution < 1.29 is 19.1 Å². The van der Waals surface area contributed by atoms with E-state index in [1.807, 2.05) is 36.4 Å². The van der Waals surface area contributed by atoms with Gasteiger partial charge in [0.25, 0.3) is 5.91 Å². The maximum Gasteiger partial charge on any atom is 0.252 e. The summed E-state index contributed by atoms with van der Waals surface area (Å²) in [7, 11) is 1.50. The fourth-order valence-corrected chi connectivity index (χ4v) is 4.24. The molecule has 8 heteroatoms. The molecule has 0 radical (unpaired) electrons. The summed E-state index contributed by atoms with van der Waals surface area (Å²) in [6, 6.07) is 16.6. The Morgan fingerprint density at radius 1 is 1.09 bits per heavy atom. The molecule has 0 bridgehead atoms. The molecular formula is C25H24ClN3O4. The summed E-state index contributed by atoms with van der Waals surface area (Å²) < 4.78 is 5.15. The molecule has 3 aromatic rings. The molecule has 1 aliphatic heterocycles. The molecule has 1 heterocycles. The van der Waals surface area contributed by atoms with Gasteiger partial charge in [0.2, 0.25) is 11.8 Å². The lowest BCUT2D eigenvalue weighted by Crippen LogP contribution is -2.32. The van der Waals surface area contributed by atoms with Crippen LogP contribution in [0.3, 0.4) is 0 Å². The average Bonchev–Trinajstić information content (AvgIpc) is 2.93. The number of fused-ring (bicyclic) bond motifs is 3. The van der Waals surface area contributed by atoms with Crippen LogP contribution in [0.2, 0.25) is 5.02 Å². The first-order valence-corrected chi connectivity index (χ1v) is 11.1. The van der Waals surface area contributed by atoms with Gasteiger partial charge >= 0.3 is 0 Å². The minimum Gasteiger partial charge on any atom is -0.495 e. The highest BCUT2D eigenvalue weighted by Gasteiger charge is 2.27. The third-order valence-electron chi connectivity index (χ3n) is 5.60. The van der Waals surface area contributed by atoms with Crippen molar-refractivity contribution in [3.05, 3.63) is 65.2 Å². The van der Waals surface area contributed by atoms with Crippen LogP contribution in [0.25, 0.3) is 10.8 Å². The average molecular weight is 466 g/mol. The van der Waals surface area contributed by atoms with E-state index < -0.39 is 0 Å². The standard InChI is InChI=1S/C25H24ClN3O4/c1-33-20-10-6-9-18(23(20)26)25(32)27-13-4-5-14-29-19-12-11-16-7-2-3-8-17(16)24(19)28-21(30)15-22(29)31/h2-3,6-12H,4-5,13-15H2,1H3,(H,27,32)(H,28,30). The van der Waals surface area contributed by atoms with Crippen molar-refractivity contribution in [2.24, 2.45) is 0 Å². The van der Waals surface area contributed by atoms with E-state index in [1.54, 1.807) is 23.1 Å². The molecule has 1 aliphatic rings. The van der Waals surface area contributed by atoms with E-state index in [-0.39, 0.29) is 29.2 Å². The molecule has 2 N–H and O–H groups in total. The van der Waals surface area contributed by atoms with Crippen LogP contribution in [0, 0.1) is 0 Å². The Morgan fingerprint density at radius 3 is 2.73 bits per heavy atom. The Balaban J connectivity index is 1.40. The topological polar surface area (TPSA) is 87.7 Å². The zero-order valence-corrected chi connectivity index (χ0v) is 18.9. The zero-order chi connectivity index (χ0) is 23.4. The fourth-order valence-electron chi connectivity index (χ4n) is 3.95. The first kappa shape index (κ1) is 22.6. The number of carbonyl (C=O) groups excluding carboxylic acids is 3. The van der Waals surface area contributed by atoms with E-state index in [1.165, 1.54) is 7.11 Å². The molecule has 3 aromatic carbocycles. The lowest BCUT2D eigenvalue weighted by atomic mass is 10.1. The number of ether oxygens (including phenoxy) is 1. The number of amides is 3. The van der Waals surface area contributed by atoms with Crippen molar-refractivity contribution in [3.8, 4) is 5.75 Å². The Bertz CT molecular complexity index is 1230. The number of rotatable bonds is 7. The monoisotopic (exact) mass is 465 g/mol. The van der Waals surface area contributed by atoms with Gasteiger partial charge in [-0.15, -0.1) is 0 Å². The molecular weight excluding hydrogens is 442 g/mol. The predicted octanol–water partition coefficient (Wildman–Crippen LogP) is 4.39. The van der Waals surface area contributed by atoms with E-state index in [2.05, 4.69) is 10.6 Å². The van der Waals surface area contributed by atoms with Crippen molar-refractivity contribution in [2.45, 2.75) is 19.3 Å². The highest BCUT2D eigenvalue weighted by atomic mass is 35.5. The van der Waals surface area contributed by atoms with Crippen LogP contribution in [0.15, 0.2) is 54.6 Å². The van der Waals surface area contributed by atoms with Crippen LogP contribution in [0.5, 0.6) is 5.75 Å². The predicted molar refractivity (Wildman–Crippen MR) is 129 cm³/mol. The second kappa shape index (κ2) is 9.92. The highest BCUT2D eigenvalue weighted by Crippen LogP contribution is 2.36. The van der Waals surface area contributed by atoms with Gasteiger partial charge in [-0.1, -0.05) is 48.0 Å². The van der Waals surface area contributed by atoms with Gasteiger partial charge < -0.3 is 20.3 Å². The van der Waals surface area contributed by atoms with Crippen LogP contribution >= 0.6 is 11.6 Å². The van der Waals surface area contributed by atoms with Gasteiger partial charge in [-0.3, -0.25) is 14.4 Å². The van der Waals surface area contributed by atoms with Crippen LogP contribution < -0.4 is 20.3 Å². The van der Waals surface area contributed by atoms with Gasteiger partial charge in [-0.25, -0.2) is 0 Å². The Labute approximate surface area is 196 Å². The number of methoxy groups -OCH3 is 1. The summed E-state index contributed by atoms with van der Waals surface area (Å²) >= 11 is 6.21. The molecule has 0 aliphatic carbocycles. The van der Waals surface area contributed by atoms with Gasteiger partial charge in [0.15, 0.2) is 0 Å². The molecule has 33 heavy (non-hydrogen) atoms. The molecule has 0 aromatic heterocycles. The number of benzene rings is 3. The number of carbonyl (C=O) groups is 3. The molecule has 0 saturated carbocycles. The van der Waals surface area contributed by atoms with Gasteiger partial charge in [0.05, 0.1) is 29.1 Å². The lowest BCUT2D eigenvalue weighted by molar-refractivity contribution is -0.124. The van der Waals surface area contributed by atoms with E-state index >= 15 is 0 Å². The third kappa shape index (κ3) is 4.78. The van der Waals surface area contributed by atoms with E-state index in [0.29, 0.717) is 48.6 Å². The van der Waals surface area contributed by atoms with Gasteiger partial charge in [-0.05, 0) is 36.4 Å². The number of unbranched alkanes of at least 4 members (excludes halogenated alkanes) is 1. The highest BCUT2D eigenvalue weighted by molar-refractivity contribution is 6.35. The molecule has 0 unspecified atom stereocenters. The minimum atomic E-state index is -0.317. The zero-order valence-electron chi connectivity index (χ0n) is 18.2. The maximum atomic E-state index is 12.7. The quantitative estimate of drug-likeness (QED) is 0.400. The van der Waals surface area contributed by atoms with E-state index in [9.17, 15) is 14.4 Å². The summed E-state index contributed by atoms with van der Waals surface area (Å²) in [4.78, 5) is 39.1. The number of hydrogen-bond acceptors (Lipinski definition) is 4. The van der Waals surface area contributed by atoms with Gasteiger partial charge in [0.1, 0.15) is 12.2 Å². The molecule has 4 rings (SSSR count). The molecule has 7 nitrogen and oxygen atoms in total. The molecule has 170 valence electrons. The fraction of sp³-hybridized carbons (Fsp3) is 0.240. The molecule has 0 atom stereocenters. The van der Waals surface area contributed by atoms with Crippen molar-refractivity contribution in [3.63, 3.8) is 0 Å². The van der Waals surface area contributed by atoms with Gasteiger partial charge in [0, 0.05) is 18.5 Å². The normalized spacial score (nSPS) is 13.3. The summed E-state index contributed by atoms with van der Waals surface area (Å²) in [5.41, 5.74) is 1.70. The Morgan fingerprint density at radius 2 is 1.91 bits per heavy atom. The first-order valence-electron chi connectivity index (χ1n) is 10.7. The van der Waals surface area contributed by atoms with E-state index in [0.717, 1.165) is 10.8 Å². The van der Waals surface area contributed by atoms with Crippen molar-refractivity contribution in [1.82, 2.24) is 5.32 Å². The Kier molecular flexibility index (Phi) is 6.79. The van der Waals surface area contributed by atoms with Crippen molar-refractivity contribution in [1.29, 1.82) is 0 Å². The van der Waals surface area contributed by atoms with Crippen molar-refractivity contribution >= 4 is 51.5 Å². The third-order valence-corrected chi connectivity index (χ3v) is 5.99. The van der Waals surface area contributed by atoms with Crippen LogP contribution in [-0.2, 0) is 9.59 Å². The first-order chi connectivity index (χ1) is 16.0. The second-order valence-electron chi connectivity index (χ2n) is 7.74. The van der Waals surface area contributed by atoms with Crippen LogP contribution in [0.1, 0.15) is 29.6 Å². The lowest BCUT2D eigenvalue weighted by Gasteiger charge is -2.23.